The average Bonchev–Trinajstić information content (AvgIpc) is 3.27. The van der Waals surface area contributed by atoms with Gasteiger partial charge in [0.05, 0.1) is 11.4 Å². The molecule has 0 radical (unpaired) electrons. The fraction of sp³-hybridized carbons (Fsp3) is 0. The van der Waals surface area contributed by atoms with E-state index in [1.165, 1.54) is 0 Å². The highest BCUT2D eigenvalue weighted by Gasteiger charge is 2.22. The Labute approximate surface area is 315 Å². The van der Waals surface area contributed by atoms with Crippen LogP contribution in [0.15, 0.2) is 207 Å². The zero-order chi connectivity index (χ0) is 36.1. The first-order valence-electron chi connectivity index (χ1n) is 18.0. The van der Waals surface area contributed by atoms with Gasteiger partial charge in [0.25, 0.3) is 0 Å². The van der Waals surface area contributed by atoms with Crippen molar-refractivity contribution in [1.82, 2.24) is 19.9 Å². The van der Waals surface area contributed by atoms with Gasteiger partial charge in [-0.1, -0.05) is 164 Å². The van der Waals surface area contributed by atoms with Crippen molar-refractivity contribution in [2.24, 2.45) is 0 Å². The van der Waals surface area contributed by atoms with Gasteiger partial charge < -0.3 is 0 Å². The summed E-state index contributed by atoms with van der Waals surface area (Å²) >= 11 is 0. The van der Waals surface area contributed by atoms with Crippen molar-refractivity contribution >= 4 is 0 Å². The summed E-state index contributed by atoms with van der Waals surface area (Å²) in [6.07, 6.45) is 5.21. The van der Waals surface area contributed by atoms with Gasteiger partial charge in [-0.15, -0.1) is 0 Å². The Morgan fingerprint density at radius 2 is 0.593 bits per heavy atom. The van der Waals surface area contributed by atoms with Crippen LogP contribution < -0.4 is 0 Å². The molecule has 254 valence electrons. The van der Waals surface area contributed by atoms with Crippen LogP contribution in [0.25, 0.3) is 89.5 Å². The minimum atomic E-state index is 0.636. The van der Waals surface area contributed by atoms with Crippen LogP contribution in [0.3, 0.4) is 0 Å². The van der Waals surface area contributed by atoms with E-state index in [4.69, 9.17) is 9.97 Å². The minimum absolute atomic E-state index is 0.636. The molecule has 4 nitrogen and oxygen atoms in total. The minimum Gasteiger partial charge on any atom is -0.244 e. The van der Waals surface area contributed by atoms with E-state index in [1.54, 1.807) is 6.33 Å². The lowest BCUT2D eigenvalue weighted by Gasteiger charge is -2.19. The maximum atomic E-state index is 5.49. The molecular weight excluding hydrogens is 657 g/mol. The lowest BCUT2D eigenvalue weighted by molar-refractivity contribution is 1.17. The number of aromatic nitrogens is 4. The molecule has 0 bridgehead atoms. The van der Waals surface area contributed by atoms with Crippen LogP contribution in [0.2, 0.25) is 0 Å². The third kappa shape index (κ3) is 6.72. The van der Waals surface area contributed by atoms with Crippen molar-refractivity contribution in [3.05, 3.63) is 207 Å². The number of hydrogen-bond acceptors (Lipinski definition) is 4. The van der Waals surface area contributed by atoms with Crippen molar-refractivity contribution in [3.8, 4) is 89.5 Å². The van der Waals surface area contributed by atoms with Crippen molar-refractivity contribution in [2.45, 2.75) is 0 Å². The Morgan fingerprint density at radius 3 is 1.06 bits per heavy atom. The van der Waals surface area contributed by atoms with Crippen LogP contribution in [-0.2, 0) is 0 Å². The molecule has 9 aromatic rings. The van der Waals surface area contributed by atoms with E-state index in [2.05, 4.69) is 180 Å². The molecule has 0 aliphatic heterocycles. The molecule has 7 aromatic carbocycles. The fourth-order valence-electron chi connectivity index (χ4n) is 7.01. The van der Waals surface area contributed by atoms with Gasteiger partial charge in [0.1, 0.15) is 6.33 Å². The van der Waals surface area contributed by atoms with E-state index in [-0.39, 0.29) is 0 Å². The molecule has 0 aliphatic rings. The highest BCUT2D eigenvalue weighted by Crippen LogP contribution is 2.42. The normalized spacial score (nSPS) is 11.0. The Balaban J connectivity index is 1.33. The smallest absolute Gasteiger partial charge is 0.160 e. The molecule has 2 aromatic heterocycles. The molecule has 0 unspecified atom stereocenters. The molecule has 0 spiro atoms. The first kappa shape index (κ1) is 32.6. The monoisotopic (exact) mass is 690 g/mol. The molecule has 0 N–H and O–H groups in total. The predicted molar refractivity (Wildman–Crippen MR) is 221 cm³/mol. The van der Waals surface area contributed by atoms with Gasteiger partial charge in [0.2, 0.25) is 0 Å². The van der Waals surface area contributed by atoms with Crippen LogP contribution in [-0.4, -0.2) is 19.9 Å². The first-order valence-corrected chi connectivity index (χ1v) is 18.0. The lowest BCUT2D eigenvalue weighted by atomic mass is 9.90. The molecule has 9 rings (SSSR count). The van der Waals surface area contributed by atoms with Gasteiger partial charge >= 0.3 is 0 Å². The van der Waals surface area contributed by atoms with Crippen molar-refractivity contribution < 1.29 is 0 Å². The quantitative estimate of drug-likeness (QED) is 0.159. The van der Waals surface area contributed by atoms with Crippen LogP contribution in [0.5, 0.6) is 0 Å². The second-order valence-electron chi connectivity index (χ2n) is 13.2. The molecule has 54 heavy (non-hydrogen) atoms. The van der Waals surface area contributed by atoms with E-state index in [0.717, 1.165) is 83.7 Å². The summed E-state index contributed by atoms with van der Waals surface area (Å²) < 4.78 is 0. The molecular formula is C50H34N4. The summed E-state index contributed by atoms with van der Waals surface area (Å²) in [5, 5.41) is 0. The highest BCUT2D eigenvalue weighted by molar-refractivity contribution is 5.94. The third-order valence-corrected chi connectivity index (χ3v) is 9.67. The van der Waals surface area contributed by atoms with Gasteiger partial charge in [-0.2, -0.15) is 0 Å². The van der Waals surface area contributed by atoms with E-state index >= 15 is 0 Å². The predicted octanol–water partition coefficient (Wildman–Crippen LogP) is 12.6. The first-order chi connectivity index (χ1) is 26.8. The van der Waals surface area contributed by atoms with E-state index in [1.807, 2.05) is 30.6 Å². The summed E-state index contributed by atoms with van der Waals surface area (Å²) in [7, 11) is 0. The summed E-state index contributed by atoms with van der Waals surface area (Å²) in [5.74, 6) is 0.636. The highest BCUT2D eigenvalue weighted by atomic mass is 14.9. The standard InChI is InChI=1S/C50H34N4/c1-4-14-35(15-5-1)38-20-10-24-42(28-38)47-48(43-25-11-21-39(29-43)36-16-6-2-7-17-36)53-50(45-27-13-23-41(31-45)46-32-51-34-52-33-46)54-49(47)44-26-12-22-40(30-44)37-18-8-3-9-19-37/h1-34H. The molecule has 4 heteroatoms. The largest absolute Gasteiger partial charge is 0.244 e. The fourth-order valence-corrected chi connectivity index (χ4v) is 7.01. The molecule has 0 saturated heterocycles. The number of nitrogens with zero attached hydrogens (tertiary/aromatic N) is 4. The van der Waals surface area contributed by atoms with Crippen LogP contribution >= 0.6 is 0 Å². The van der Waals surface area contributed by atoms with E-state index < -0.39 is 0 Å². The summed E-state index contributed by atoms with van der Waals surface area (Å²) in [5.41, 5.74) is 15.4. The second kappa shape index (κ2) is 14.7. The Morgan fingerprint density at radius 1 is 0.259 bits per heavy atom. The molecule has 0 atom stereocenters. The summed E-state index contributed by atoms with van der Waals surface area (Å²) in [6.45, 7) is 0. The van der Waals surface area contributed by atoms with Gasteiger partial charge in [-0.3, -0.25) is 0 Å². The van der Waals surface area contributed by atoms with Gasteiger partial charge in [0, 0.05) is 40.2 Å². The number of hydrogen-bond donors (Lipinski definition) is 0. The van der Waals surface area contributed by atoms with Crippen molar-refractivity contribution in [3.63, 3.8) is 0 Å². The van der Waals surface area contributed by atoms with Crippen LogP contribution in [0.4, 0.5) is 0 Å². The topological polar surface area (TPSA) is 51.6 Å². The van der Waals surface area contributed by atoms with Crippen LogP contribution in [0.1, 0.15) is 0 Å². The van der Waals surface area contributed by atoms with Crippen molar-refractivity contribution in [2.75, 3.05) is 0 Å². The Bertz CT molecular complexity index is 2590. The van der Waals surface area contributed by atoms with E-state index in [9.17, 15) is 0 Å². The SMILES string of the molecule is c1ccc(-c2cccc(-c3nc(-c4cccc(-c5cncnc5)c4)nc(-c4cccc(-c5ccccc5)c4)c3-c3cccc(-c4ccccc4)c3)c2)cc1. The van der Waals surface area contributed by atoms with Gasteiger partial charge in [0.15, 0.2) is 5.82 Å². The lowest BCUT2D eigenvalue weighted by Crippen LogP contribution is -2.01. The number of rotatable bonds is 8. The van der Waals surface area contributed by atoms with Crippen LogP contribution in [0, 0.1) is 0 Å². The Kier molecular flexibility index (Phi) is 8.90. The second-order valence-corrected chi connectivity index (χ2v) is 13.2. The van der Waals surface area contributed by atoms with Gasteiger partial charge in [-0.25, -0.2) is 19.9 Å². The zero-order valence-electron chi connectivity index (χ0n) is 29.4. The summed E-state index contributed by atoms with van der Waals surface area (Å²) in [6, 6.07) is 65.9. The molecule has 0 amide bonds. The average molecular weight is 691 g/mol. The molecule has 2 heterocycles. The number of benzene rings is 7. The molecule has 0 saturated carbocycles. The molecule has 0 fully saturated rings. The molecule has 0 aliphatic carbocycles. The van der Waals surface area contributed by atoms with E-state index in [0.29, 0.717) is 5.82 Å². The zero-order valence-corrected chi connectivity index (χ0v) is 29.4. The van der Waals surface area contributed by atoms with Crippen molar-refractivity contribution in [1.29, 1.82) is 0 Å². The maximum absolute atomic E-state index is 5.49. The van der Waals surface area contributed by atoms with Gasteiger partial charge in [-0.05, 0) is 68.8 Å². The maximum Gasteiger partial charge on any atom is 0.160 e. The third-order valence-electron chi connectivity index (χ3n) is 9.67. The Hall–Kier alpha value is -7.30. The summed E-state index contributed by atoms with van der Waals surface area (Å²) in [4.78, 5) is 19.5.